The van der Waals surface area contributed by atoms with Crippen LogP contribution in [0.15, 0.2) is 65.5 Å². The van der Waals surface area contributed by atoms with Crippen LogP contribution in [0.4, 0.5) is 5.82 Å². The molecule has 2 N–H and O–H groups in total. The van der Waals surface area contributed by atoms with Gasteiger partial charge in [-0.05, 0) is 43.0 Å². The molecule has 0 aliphatic heterocycles. The minimum atomic E-state index is -0.549. The number of H-pyrrole nitrogens is 1. The molecular formula is C24H20N4O4. The highest BCUT2D eigenvalue weighted by Gasteiger charge is 2.25. The lowest BCUT2D eigenvalue weighted by Gasteiger charge is -2.12. The topological polar surface area (TPSA) is 106 Å². The van der Waals surface area contributed by atoms with Gasteiger partial charge in [-0.25, -0.2) is 9.48 Å². The SMILES string of the molecule is O=C(COC(=O)c1c2c(nc3ccccc13)CCC2)Nc1cc(=O)n(-c2ccccc2)[nH]1. The Labute approximate surface area is 182 Å². The molecular weight excluding hydrogens is 408 g/mol. The van der Waals surface area contributed by atoms with Crippen molar-refractivity contribution in [2.75, 3.05) is 11.9 Å². The van der Waals surface area contributed by atoms with Crippen LogP contribution in [-0.4, -0.2) is 33.2 Å². The van der Waals surface area contributed by atoms with E-state index in [9.17, 15) is 14.4 Å². The number of aryl methyl sites for hydroxylation is 1. The molecule has 5 rings (SSSR count). The van der Waals surface area contributed by atoms with Gasteiger partial charge in [0.15, 0.2) is 6.61 Å². The van der Waals surface area contributed by atoms with Gasteiger partial charge in [0.1, 0.15) is 5.82 Å². The number of rotatable bonds is 5. The summed E-state index contributed by atoms with van der Waals surface area (Å²) in [5.41, 5.74) is 3.37. The van der Waals surface area contributed by atoms with Crippen molar-refractivity contribution in [3.05, 3.63) is 87.8 Å². The zero-order chi connectivity index (χ0) is 22.1. The van der Waals surface area contributed by atoms with Crippen molar-refractivity contribution in [1.82, 2.24) is 14.8 Å². The van der Waals surface area contributed by atoms with Crippen molar-refractivity contribution < 1.29 is 14.3 Å². The number of nitrogens with zero attached hydrogens (tertiary/aromatic N) is 2. The fraction of sp³-hybridized carbons (Fsp3) is 0.167. The van der Waals surface area contributed by atoms with E-state index in [1.54, 1.807) is 24.3 Å². The fourth-order valence-corrected chi connectivity index (χ4v) is 4.06. The Balaban J connectivity index is 1.31. The van der Waals surface area contributed by atoms with Crippen molar-refractivity contribution in [2.24, 2.45) is 0 Å². The Morgan fingerprint density at radius 3 is 2.69 bits per heavy atom. The maximum atomic E-state index is 12.9. The molecule has 0 unspecified atom stereocenters. The van der Waals surface area contributed by atoms with E-state index in [1.807, 2.05) is 30.3 Å². The van der Waals surface area contributed by atoms with Gasteiger partial charge in [0.2, 0.25) is 0 Å². The number of pyridine rings is 1. The lowest BCUT2D eigenvalue weighted by molar-refractivity contribution is -0.119. The number of para-hydroxylation sites is 2. The van der Waals surface area contributed by atoms with Gasteiger partial charge in [-0.1, -0.05) is 36.4 Å². The van der Waals surface area contributed by atoms with Crippen LogP contribution >= 0.6 is 0 Å². The molecule has 8 heteroatoms. The maximum Gasteiger partial charge on any atom is 0.339 e. The lowest BCUT2D eigenvalue weighted by atomic mass is 10.0. The molecule has 0 saturated carbocycles. The van der Waals surface area contributed by atoms with Gasteiger partial charge in [0.25, 0.3) is 11.5 Å². The summed E-state index contributed by atoms with van der Waals surface area (Å²) >= 11 is 0. The van der Waals surface area contributed by atoms with E-state index in [-0.39, 0.29) is 11.4 Å². The van der Waals surface area contributed by atoms with Crippen LogP contribution in [-0.2, 0) is 22.4 Å². The van der Waals surface area contributed by atoms with Crippen molar-refractivity contribution in [3.8, 4) is 5.69 Å². The molecule has 2 aromatic carbocycles. The largest absolute Gasteiger partial charge is 0.452 e. The first kappa shape index (κ1) is 19.7. The van der Waals surface area contributed by atoms with Gasteiger partial charge in [-0.3, -0.25) is 19.7 Å². The number of ether oxygens (including phenoxy) is 1. The molecule has 0 bridgehead atoms. The number of anilines is 1. The average molecular weight is 428 g/mol. The summed E-state index contributed by atoms with van der Waals surface area (Å²) in [6.07, 6.45) is 2.52. The third kappa shape index (κ3) is 3.66. The Morgan fingerprint density at radius 2 is 1.84 bits per heavy atom. The normalized spacial score (nSPS) is 12.5. The van der Waals surface area contributed by atoms with Gasteiger partial charge in [-0.2, -0.15) is 0 Å². The van der Waals surface area contributed by atoms with Crippen molar-refractivity contribution in [3.63, 3.8) is 0 Å². The molecule has 0 spiro atoms. The fourth-order valence-electron chi connectivity index (χ4n) is 4.06. The zero-order valence-corrected chi connectivity index (χ0v) is 17.1. The van der Waals surface area contributed by atoms with Crippen molar-refractivity contribution in [2.45, 2.75) is 19.3 Å². The summed E-state index contributed by atoms with van der Waals surface area (Å²) in [5.74, 6) is -0.878. The molecule has 0 fully saturated rings. The molecule has 1 aliphatic rings. The molecule has 0 radical (unpaired) electrons. The third-order valence-corrected chi connectivity index (χ3v) is 5.47. The predicted octanol–water partition coefficient (Wildman–Crippen LogP) is 3.00. The van der Waals surface area contributed by atoms with E-state index >= 15 is 0 Å². The molecule has 1 amide bonds. The standard InChI is InChI=1S/C24H20N4O4/c29-21(26-20-13-22(30)28(27-20)15-7-2-1-3-8-15)14-32-24(31)23-16-9-4-5-11-18(16)25-19-12-6-10-17(19)23/h1-5,7-9,11,13,27H,6,10,12,14H2,(H,26,29). The Bertz CT molecular complexity index is 1390. The van der Waals surface area contributed by atoms with E-state index in [1.165, 1.54) is 10.7 Å². The highest BCUT2D eigenvalue weighted by atomic mass is 16.5. The number of esters is 1. The van der Waals surface area contributed by atoms with Crippen LogP contribution in [0.1, 0.15) is 28.0 Å². The zero-order valence-electron chi connectivity index (χ0n) is 17.1. The number of benzene rings is 2. The van der Waals surface area contributed by atoms with Crippen LogP contribution in [0.3, 0.4) is 0 Å². The first-order valence-electron chi connectivity index (χ1n) is 10.3. The summed E-state index contributed by atoms with van der Waals surface area (Å²) < 4.78 is 6.65. The maximum absolute atomic E-state index is 12.9. The van der Waals surface area contributed by atoms with E-state index < -0.39 is 18.5 Å². The van der Waals surface area contributed by atoms with Gasteiger partial charge in [-0.15, -0.1) is 0 Å². The summed E-state index contributed by atoms with van der Waals surface area (Å²) in [7, 11) is 0. The minimum Gasteiger partial charge on any atom is -0.452 e. The quantitative estimate of drug-likeness (QED) is 0.476. The van der Waals surface area contributed by atoms with Gasteiger partial charge >= 0.3 is 5.97 Å². The second kappa shape index (κ2) is 8.14. The van der Waals surface area contributed by atoms with Crippen molar-refractivity contribution >= 4 is 28.6 Å². The molecule has 4 aromatic rings. The van der Waals surface area contributed by atoms with Crippen LogP contribution < -0.4 is 10.9 Å². The smallest absolute Gasteiger partial charge is 0.339 e. The van der Waals surface area contributed by atoms with E-state index in [2.05, 4.69) is 15.4 Å². The minimum absolute atomic E-state index is 0.218. The van der Waals surface area contributed by atoms with Crippen molar-refractivity contribution in [1.29, 1.82) is 0 Å². The number of carbonyl (C=O) groups excluding carboxylic acids is 2. The highest BCUT2D eigenvalue weighted by molar-refractivity contribution is 6.06. The number of aromatic nitrogens is 3. The number of nitrogens with one attached hydrogen (secondary N) is 2. The molecule has 0 atom stereocenters. The van der Waals surface area contributed by atoms with Crippen LogP contribution in [0.5, 0.6) is 0 Å². The molecule has 32 heavy (non-hydrogen) atoms. The summed E-state index contributed by atoms with van der Waals surface area (Å²) in [5, 5.41) is 6.12. The Morgan fingerprint density at radius 1 is 1.06 bits per heavy atom. The molecule has 2 aromatic heterocycles. The number of carbonyl (C=O) groups is 2. The van der Waals surface area contributed by atoms with Crippen LogP contribution in [0.2, 0.25) is 0 Å². The van der Waals surface area contributed by atoms with Gasteiger partial charge < -0.3 is 10.1 Å². The van der Waals surface area contributed by atoms with E-state index in [0.29, 0.717) is 11.3 Å². The highest BCUT2D eigenvalue weighted by Crippen LogP contribution is 2.30. The summed E-state index contributed by atoms with van der Waals surface area (Å²) in [6, 6.07) is 17.7. The number of hydrogen-bond donors (Lipinski definition) is 2. The Hall–Kier alpha value is -4.20. The molecule has 8 nitrogen and oxygen atoms in total. The first-order chi connectivity index (χ1) is 15.6. The molecule has 160 valence electrons. The summed E-state index contributed by atoms with van der Waals surface area (Å²) in [6.45, 7) is -0.469. The monoisotopic (exact) mass is 428 g/mol. The third-order valence-electron chi connectivity index (χ3n) is 5.47. The van der Waals surface area contributed by atoms with E-state index in [4.69, 9.17) is 4.74 Å². The molecule has 1 aliphatic carbocycles. The first-order valence-corrected chi connectivity index (χ1v) is 10.3. The summed E-state index contributed by atoms with van der Waals surface area (Å²) in [4.78, 5) is 42.2. The number of hydrogen-bond acceptors (Lipinski definition) is 5. The predicted molar refractivity (Wildman–Crippen MR) is 119 cm³/mol. The van der Waals surface area contributed by atoms with Gasteiger partial charge in [0.05, 0.1) is 16.8 Å². The van der Waals surface area contributed by atoms with Gasteiger partial charge in [0, 0.05) is 17.1 Å². The molecule has 0 saturated heterocycles. The Kier molecular flexibility index (Phi) is 5.03. The average Bonchev–Trinajstić information content (AvgIpc) is 3.42. The second-order valence-electron chi connectivity index (χ2n) is 7.59. The van der Waals surface area contributed by atoms with E-state index in [0.717, 1.165) is 41.4 Å². The van der Waals surface area contributed by atoms with Crippen LogP contribution in [0, 0.1) is 0 Å². The lowest BCUT2D eigenvalue weighted by Crippen LogP contribution is -2.22. The number of fused-ring (bicyclic) bond motifs is 2. The number of amides is 1. The van der Waals surface area contributed by atoms with Crippen LogP contribution in [0.25, 0.3) is 16.6 Å². The second-order valence-corrected chi connectivity index (χ2v) is 7.59. The molecule has 2 heterocycles. The number of aromatic amines is 1.